The molecule has 0 aliphatic heterocycles. The van der Waals surface area contributed by atoms with Gasteiger partial charge in [0.1, 0.15) is 0 Å². The van der Waals surface area contributed by atoms with Crippen LogP contribution < -0.4 is 0 Å². The van der Waals surface area contributed by atoms with Crippen LogP contribution in [0.1, 0.15) is 6.92 Å². The highest BCUT2D eigenvalue weighted by Crippen LogP contribution is 2.64. The lowest BCUT2D eigenvalue weighted by atomic mass is 9.87. The van der Waals surface area contributed by atoms with E-state index in [0.717, 1.165) is 0 Å². The van der Waals surface area contributed by atoms with Gasteiger partial charge in [-0.25, -0.2) is 8.42 Å². The third-order valence-electron chi connectivity index (χ3n) is 4.06. The Kier molecular flexibility index (Phi) is 8.11. The number of hydrogen-bond acceptors (Lipinski definition) is 2. The van der Waals surface area contributed by atoms with E-state index in [0.29, 0.717) is 6.92 Å². The number of thiol groups is 1. The molecule has 0 aromatic carbocycles. The standard InChI is InChI=1S/C12H9F17NO2S/c1-3-30(33(31)32)4(2)5(13,14)6(15,16)7(17,18)8(19,20)9(21,22)10(23,24)11(25,26)12(27,28)29/h4,33H,2-3H2,1H3. The predicted molar refractivity (Wildman–Crippen MR) is 72.5 cm³/mol. The summed E-state index contributed by atoms with van der Waals surface area (Å²) in [6.07, 6.45) is -7.84. The molecule has 0 aromatic heterocycles. The second-order valence-corrected chi connectivity index (χ2v) is 7.07. The molecule has 0 heterocycles. The fourth-order valence-electron chi connectivity index (χ4n) is 2.02. The van der Waals surface area contributed by atoms with Gasteiger partial charge in [0.25, 0.3) is 0 Å². The lowest BCUT2D eigenvalue weighted by Gasteiger charge is -2.44. The van der Waals surface area contributed by atoms with E-state index in [4.69, 9.17) is 0 Å². The van der Waals surface area contributed by atoms with Gasteiger partial charge in [-0.05, 0) is 6.92 Å². The van der Waals surface area contributed by atoms with Crippen LogP contribution >= 0.6 is 0 Å². The number of nitrogens with zero attached hydrogens (tertiary/aromatic N) is 1. The van der Waals surface area contributed by atoms with Crippen LogP contribution in [0.2, 0.25) is 0 Å². The summed E-state index contributed by atoms with van der Waals surface area (Å²) in [6.45, 7) is 1.24. The minimum absolute atomic E-state index is 0.568. The van der Waals surface area contributed by atoms with Crippen LogP contribution in [0.25, 0.3) is 0 Å². The van der Waals surface area contributed by atoms with Gasteiger partial charge in [0.2, 0.25) is 10.9 Å². The van der Waals surface area contributed by atoms with E-state index < -0.39 is 75.4 Å². The van der Waals surface area contributed by atoms with Gasteiger partial charge in [0.05, 0.1) is 6.04 Å². The zero-order valence-corrected chi connectivity index (χ0v) is 16.0. The molecule has 0 saturated carbocycles. The molecule has 0 fully saturated rings. The van der Waals surface area contributed by atoms with E-state index in [1.807, 2.05) is 6.92 Å². The third-order valence-corrected chi connectivity index (χ3v) is 5.04. The first-order valence-electron chi connectivity index (χ1n) is 7.51. The molecule has 3 nitrogen and oxygen atoms in total. The van der Waals surface area contributed by atoms with Gasteiger partial charge in [-0.3, -0.25) is 0 Å². The second-order valence-electron chi connectivity index (χ2n) is 6.08. The lowest BCUT2D eigenvalue weighted by Crippen LogP contribution is -2.75. The Morgan fingerprint density at radius 3 is 1.12 bits per heavy atom. The number of alkyl halides is 17. The Bertz CT molecular complexity index is 779. The number of halogens is 17. The van der Waals surface area contributed by atoms with Crippen molar-refractivity contribution in [3.63, 3.8) is 0 Å². The minimum Gasteiger partial charge on any atom is -0.215 e. The highest BCUT2D eigenvalue weighted by molar-refractivity contribution is 7.69. The molecule has 21 heteroatoms. The van der Waals surface area contributed by atoms with Crippen LogP contribution in [0.15, 0.2) is 0 Å². The van der Waals surface area contributed by atoms with Crippen molar-refractivity contribution in [2.45, 2.75) is 60.6 Å². The van der Waals surface area contributed by atoms with Crippen molar-refractivity contribution in [1.29, 1.82) is 0 Å². The molecular weight excluding hydrogens is 545 g/mol. The molecule has 0 spiro atoms. The van der Waals surface area contributed by atoms with Crippen LogP contribution in [-0.4, -0.2) is 72.9 Å². The Morgan fingerprint density at radius 1 is 0.606 bits per heavy atom. The van der Waals surface area contributed by atoms with Gasteiger partial charge in [0, 0.05) is 6.54 Å². The van der Waals surface area contributed by atoms with E-state index in [-0.39, 0.29) is 0 Å². The molecule has 1 unspecified atom stereocenters. The van der Waals surface area contributed by atoms with Gasteiger partial charge in [-0.1, -0.05) is 6.92 Å². The molecule has 33 heavy (non-hydrogen) atoms. The van der Waals surface area contributed by atoms with Crippen molar-refractivity contribution in [2.75, 3.05) is 6.54 Å². The summed E-state index contributed by atoms with van der Waals surface area (Å²) in [5, 5.41) is 0. The Labute approximate surface area is 173 Å². The molecule has 1 radical (unpaired) electrons. The van der Waals surface area contributed by atoms with Gasteiger partial charge >= 0.3 is 47.6 Å². The monoisotopic (exact) mass is 554 g/mol. The smallest absolute Gasteiger partial charge is 0.215 e. The summed E-state index contributed by atoms with van der Waals surface area (Å²) in [7, 11) is -4.42. The van der Waals surface area contributed by atoms with Crippen molar-refractivity contribution in [3.05, 3.63) is 6.92 Å². The average molecular weight is 554 g/mol. The maximum absolute atomic E-state index is 13.8. The molecular formula is C12H9F17NO2S. The van der Waals surface area contributed by atoms with Crippen LogP contribution in [0.4, 0.5) is 74.6 Å². The van der Waals surface area contributed by atoms with Crippen LogP contribution in [-0.2, 0) is 10.9 Å². The average Bonchev–Trinajstić information content (AvgIpc) is 2.59. The van der Waals surface area contributed by atoms with E-state index >= 15 is 0 Å². The quantitative estimate of drug-likeness (QED) is 0.304. The molecule has 0 aromatic rings. The summed E-state index contributed by atoms with van der Waals surface area (Å²) in [5.74, 6) is -57.7. The van der Waals surface area contributed by atoms with Gasteiger partial charge in [-0.15, -0.1) is 0 Å². The van der Waals surface area contributed by atoms with Crippen LogP contribution in [0, 0.1) is 6.92 Å². The normalized spacial score (nSPS) is 17.1. The van der Waals surface area contributed by atoms with E-state index in [1.165, 1.54) is 0 Å². The molecule has 0 rings (SSSR count). The Morgan fingerprint density at radius 2 is 0.879 bits per heavy atom. The first kappa shape index (κ1) is 31.7. The molecule has 0 bridgehead atoms. The van der Waals surface area contributed by atoms with Crippen molar-refractivity contribution in [3.8, 4) is 0 Å². The molecule has 0 N–H and O–H groups in total. The Hall–Kier alpha value is -1.28. The molecule has 199 valence electrons. The maximum Gasteiger partial charge on any atom is 0.460 e. The van der Waals surface area contributed by atoms with E-state index in [9.17, 15) is 83.1 Å². The summed E-state index contributed by atoms with van der Waals surface area (Å²) in [6, 6.07) is -4.01. The summed E-state index contributed by atoms with van der Waals surface area (Å²) < 4.78 is 244. The maximum atomic E-state index is 13.8. The first-order valence-corrected chi connectivity index (χ1v) is 8.64. The number of hydrogen-bond donors (Lipinski definition) is 1. The topological polar surface area (TPSA) is 37.4 Å². The zero-order valence-electron chi connectivity index (χ0n) is 15.1. The molecule has 1 atom stereocenters. The molecule has 0 amide bonds. The molecule has 0 aliphatic rings. The van der Waals surface area contributed by atoms with Crippen LogP contribution in [0.3, 0.4) is 0 Å². The van der Waals surface area contributed by atoms with Gasteiger partial charge in [-0.2, -0.15) is 78.9 Å². The van der Waals surface area contributed by atoms with Crippen LogP contribution in [0.5, 0.6) is 0 Å². The lowest BCUT2D eigenvalue weighted by molar-refractivity contribution is -0.462. The third kappa shape index (κ3) is 4.19. The second kappa shape index (κ2) is 8.43. The van der Waals surface area contributed by atoms with Crippen molar-refractivity contribution in [2.24, 2.45) is 0 Å². The van der Waals surface area contributed by atoms with E-state index in [2.05, 4.69) is 0 Å². The zero-order chi connectivity index (χ0) is 27.4. The summed E-state index contributed by atoms with van der Waals surface area (Å²) in [5.41, 5.74) is 0. The summed E-state index contributed by atoms with van der Waals surface area (Å²) >= 11 is 0. The summed E-state index contributed by atoms with van der Waals surface area (Å²) in [4.78, 5) is 0. The molecule has 0 aliphatic carbocycles. The predicted octanol–water partition coefficient (Wildman–Crippen LogP) is 5.05. The molecule has 0 saturated heterocycles. The van der Waals surface area contributed by atoms with Gasteiger partial charge in [0.15, 0.2) is 0 Å². The fourth-order valence-corrected chi connectivity index (χ4v) is 2.63. The minimum atomic E-state index is -8.74. The number of rotatable bonds is 10. The SMILES string of the molecule is [CH2]C(N(CC)[SH](=O)=O)C(F)(F)C(F)(F)C(F)(F)C(F)(F)C(F)(F)C(F)(F)C(F)(F)C(F)(F)F. The highest BCUT2D eigenvalue weighted by Gasteiger charge is 2.95. The Balaban J connectivity index is 6.88. The van der Waals surface area contributed by atoms with Gasteiger partial charge < -0.3 is 0 Å². The largest absolute Gasteiger partial charge is 0.460 e. The fraction of sp³-hybridized carbons (Fsp3) is 0.917. The van der Waals surface area contributed by atoms with Crippen molar-refractivity contribution >= 4 is 10.9 Å². The van der Waals surface area contributed by atoms with Crippen molar-refractivity contribution in [1.82, 2.24) is 4.31 Å². The highest BCUT2D eigenvalue weighted by atomic mass is 32.2. The van der Waals surface area contributed by atoms with E-state index in [1.54, 1.807) is 0 Å². The first-order chi connectivity index (χ1) is 14.1. The van der Waals surface area contributed by atoms with Crippen molar-refractivity contribution < 1.29 is 83.1 Å².